The number of carboxylic acids is 1. The normalized spacial score (nSPS) is 14.6. The van der Waals surface area contributed by atoms with Crippen LogP contribution >= 0.6 is 0 Å². The first-order valence-corrected chi connectivity index (χ1v) is 14.3. The Balaban J connectivity index is 1.58. The SMILES string of the molecule is COc1cccnc1C(C)(C)C(=O)N[C@@H](CCN(CCCCc1ccc2c(n1)NCCC2)C[C@@H](CF)OC)C(=O)O. The van der Waals surface area contributed by atoms with Crippen molar-refractivity contribution in [2.75, 3.05) is 52.4 Å². The number of carbonyl (C=O) groups is 2. The third kappa shape index (κ3) is 9.09. The van der Waals surface area contributed by atoms with E-state index in [-0.39, 0.29) is 6.42 Å². The lowest BCUT2D eigenvalue weighted by Gasteiger charge is -2.29. The zero-order chi connectivity index (χ0) is 29.8. The van der Waals surface area contributed by atoms with Crippen LogP contribution in [0.1, 0.15) is 56.5 Å². The summed E-state index contributed by atoms with van der Waals surface area (Å²) in [6, 6.07) is 6.51. The van der Waals surface area contributed by atoms with Crippen LogP contribution in [-0.2, 0) is 32.6 Å². The molecule has 0 fully saturated rings. The Labute approximate surface area is 242 Å². The van der Waals surface area contributed by atoms with Gasteiger partial charge in [0.05, 0.1) is 24.3 Å². The van der Waals surface area contributed by atoms with Gasteiger partial charge in [-0.2, -0.15) is 0 Å². The van der Waals surface area contributed by atoms with Gasteiger partial charge in [-0.1, -0.05) is 6.07 Å². The van der Waals surface area contributed by atoms with Crippen molar-refractivity contribution in [2.24, 2.45) is 0 Å². The van der Waals surface area contributed by atoms with E-state index in [1.165, 1.54) is 19.8 Å². The van der Waals surface area contributed by atoms with Crippen molar-refractivity contribution >= 4 is 17.7 Å². The standard InChI is InChI=1S/C30H44FN5O5/c1-30(2,26-25(41-4)11-8-15-32-26)29(39)35-24(28(37)38)14-18-36(20-23(19-31)40-3)17-6-5-10-22-13-12-21-9-7-16-33-27(21)34-22/h8,11-13,15,23-24H,5-7,9-10,14,16-20H2,1-4H3,(H,33,34)(H,35,39)(H,37,38)/t23-,24+/m1/s1. The molecule has 1 aliphatic rings. The number of nitrogens with one attached hydrogen (secondary N) is 2. The molecule has 0 spiro atoms. The van der Waals surface area contributed by atoms with E-state index in [0.29, 0.717) is 31.1 Å². The van der Waals surface area contributed by atoms with E-state index in [9.17, 15) is 19.1 Å². The van der Waals surface area contributed by atoms with Crippen LogP contribution in [0.25, 0.3) is 0 Å². The largest absolute Gasteiger partial charge is 0.495 e. The molecule has 0 aliphatic carbocycles. The van der Waals surface area contributed by atoms with Gasteiger partial charge < -0.3 is 30.1 Å². The maximum atomic E-state index is 13.5. The average Bonchev–Trinajstić information content (AvgIpc) is 2.98. The molecule has 11 heteroatoms. The smallest absolute Gasteiger partial charge is 0.326 e. The van der Waals surface area contributed by atoms with E-state index in [4.69, 9.17) is 14.5 Å². The van der Waals surface area contributed by atoms with Gasteiger partial charge in [0.1, 0.15) is 24.3 Å². The second-order valence-corrected chi connectivity index (χ2v) is 10.9. The van der Waals surface area contributed by atoms with Crippen molar-refractivity contribution in [3.63, 3.8) is 0 Å². The van der Waals surface area contributed by atoms with Crippen LogP contribution in [-0.4, -0.2) is 91.1 Å². The van der Waals surface area contributed by atoms with Crippen LogP contribution in [0.4, 0.5) is 10.2 Å². The van der Waals surface area contributed by atoms with Crippen molar-refractivity contribution in [1.29, 1.82) is 0 Å². The summed E-state index contributed by atoms with van der Waals surface area (Å²) < 4.78 is 24.1. The quantitative estimate of drug-likeness (QED) is 0.244. The van der Waals surface area contributed by atoms with E-state index in [2.05, 4.69) is 27.8 Å². The van der Waals surface area contributed by atoms with Crippen LogP contribution in [0.3, 0.4) is 0 Å². The predicted molar refractivity (Wildman–Crippen MR) is 155 cm³/mol. The topological polar surface area (TPSA) is 126 Å². The van der Waals surface area contributed by atoms with Gasteiger partial charge in [0, 0.05) is 38.6 Å². The van der Waals surface area contributed by atoms with Crippen molar-refractivity contribution in [1.82, 2.24) is 20.2 Å². The number of nitrogens with zero attached hydrogens (tertiary/aromatic N) is 3. The van der Waals surface area contributed by atoms with Crippen LogP contribution in [0, 0.1) is 0 Å². The summed E-state index contributed by atoms with van der Waals surface area (Å²) in [7, 11) is 2.96. The second-order valence-electron chi connectivity index (χ2n) is 10.9. The number of anilines is 1. The molecule has 2 aromatic heterocycles. The summed E-state index contributed by atoms with van der Waals surface area (Å²) in [5, 5.41) is 15.9. The minimum absolute atomic E-state index is 0.150. The first-order chi connectivity index (χ1) is 19.7. The van der Waals surface area contributed by atoms with Crippen LogP contribution in [0.15, 0.2) is 30.5 Å². The highest BCUT2D eigenvalue weighted by atomic mass is 19.1. The molecule has 226 valence electrons. The molecule has 3 heterocycles. The lowest BCUT2D eigenvalue weighted by atomic mass is 9.86. The lowest BCUT2D eigenvalue weighted by molar-refractivity contribution is -0.143. The summed E-state index contributed by atoms with van der Waals surface area (Å²) >= 11 is 0. The van der Waals surface area contributed by atoms with Gasteiger partial charge in [-0.15, -0.1) is 0 Å². The third-order valence-corrected chi connectivity index (χ3v) is 7.56. The molecular formula is C30H44FN5O5. The summed E-state index contributed by atoms with van der Waals surface area (Å²) in [6.45, 7) is 4.97. The Morgan fingerprint density at radius 1 is 1.22 bits per heavy atom. The number of aromatic nitrogens is 2. The number of halogens is 1. The minimum Gasteiger partial charge on any atom is -0.495 e. The van der Waals surface area contributed by atoms with Gasteiger partial charge in [0.15, 0.2) is 0 Å². The molecular weight excluding hydrogens is 529 g/mol. The van der Waals surface area contributed by atoms with E-state index >= 15 is 0 Å². The highest BCUT2D eigenvalue weighted by molar-refractivity contribution is 5.91. The zero-order valence-corrected chi connectivity index (χ0v) is 24.6. The first-order valence-electron chi connectivity index (χ1n) is 14.3. The number of unbranched alkanes of at least 4 members (excludes halogenated alkanes) is 1. The Bertz CT molecular complexity index is 1140. The van der Waals surface area contributed by atoms with Gasteiger partial charge in [-0.3, -0.25) is 9.78 Å². The Morgan fingerprint density at radius 3 is 2.73 bits per heavy atom. The molecule has 0 radical (unpaired) electrons. The van der Waals surface area contributed by atoms with Crippen LogP contribution in [0.2, 0.25) is 0 Å². The van der Waals surface area contributed by atoms with Crippen molar-refractivity contribution < 1.29 is 28.6 Å². The number of fused-ring (bicyclic) bond motifs is 1. The van der Waals surface area contributed by atoms with E-state index in [0.717, 1.165) is 50.2 Å². The number of carbonyl (C=O) groups excluding carboxylic acids is 1. The molecule has 1 amide bonds. The predicted octanol–water partition coefficient (Wildman–Crippen LogP) is 3.39. The Morgan fingerprint density at radius 2 is 2.02 bits per heavy atom. The van der Waals surface area contributed by atoms with Crippen molar-refractivity contribution in [3.05, 3.63) is 47.4 Å². The fourth-order valence-corrected chi connectivity index (χ4v) is 4.96. The number of ether oxygens (including phenoxy) is 2. The van der Waals surface area contributed by atoms with Crippen LogP contribution in [0.5, 0.6) is 5.75 Å². The molecule has 0 saturated heterocycles. The molecule has 41 heavy (non-hydrogen) atoms. The van der Waals surface area contributed by atoms with E-state index in [1.807, 2.05) is 4.90 Å². The maximum absolute atomic E-state index is 13.5. The molecule has 3 rings (SSSR count). The van der Waals surface area contributed by atoms with Gasteiger partial charge in [-0.05, 0) is 82.7 Å². The zero-order valence-electron chi connectivity index (χ0n) is 24.6. The monoisotopic (exact) mass is 573 g/mol. The van der Waals surface area contributed by atoms with Crippen LogP contribution < -0.4 is 15.4 Å². The van der Waals surface area contributed by atoms with Gasteiger partial charge in [-0.25, -0.2) is 14.2 Å². The number of hydrogen-bond donors (Lipinski definition) is 3. The molecule has 2 atom stereocenters. The summed E-state index contributed by atoms with van der Waals surface area (Å²) in [5.74, 6) is -0.181. The molecule has 0 bridgehead atoms. The maximum Gasteiger partial charge on any atom is 0.326 e. The fraction of sp³-hybridized carbons (Fsp3) is 0.600. The number of rotatable bonds is 17. The molecule has 2 aromatic rings. The fourth-order valence-electron chi connectivity index (χ4n) is 4.96. The van der Waals surface area contributed by atoms with Crippen molar-refractivity contribution in [2.45, 2.75) is 69.9 Å². The number of pyridine rings is 2. The summed E-state index contributed by atoms with van der Waals surface area (Å²) in [5.41, 5.74) is 1.57. The Kier molecular flexibility index (Phi) is 12.3. The molecule has 10 nitrogen and oxygen atoms in total. The number of amides is 1. The van der Waals surface area contributed by atoms with Gasteiger partial charge in [0.25, 0.3) is 0 Å². The number of aliphatic carboxylic acids is 1. The average molecular weight is 574 g/mol. The number of carboxylic acid groups (broad SMARTS) is 1. The first kappa shape index (κ1) is 32.2. The summed E-state index contributed by atoms with van der Waals surface area (Å²) in [6.07, 6.45) is 5.80. The van der Waals surface area contributed by atoms with E-state index in [1.54, 1.807) is 32.2 Å². The molecule has 3 N–H and O–H groups in total. The number of alkyl halides is 1. The minimum atomic E-state index is -1.14. The molecule has 0 saturated carbocycles. The number of aryl methyl sites for hydroxylation is 2. The highest BCUT2D eigenvalue weighted by Gasteiger charge is 2.36. The molecule has 0 aromatic carbocycles. The Hall–Kier alpha value is -3.31. The number of hydrogen-bond acceptors (Lipinski definition) is 8. The lowest BCUT2D eigenvalue weighted by Crippen LogP contribution is -2.50. The van der Waals surface area contributed by atoms with Gasteiger partial charge >= 0.3 is 5.97 Å². The third-order valence-electron chi connectivity index (χ3n) is 7.56. The molecule has 0 unspecified atom stereocenters. The van der Waals surface area contributed by atoms with Crippen molar-refractivity contribution in [3.8, 4) is 5.75 Å². The second kappa shape index (κ2) is 15.6. The summed E-state index contributed by atoms with van der Waals surface area (Å²) in [4.78, 5) is 36.4. The highest BCUT2D eigenvalue weighted by Crippen LogP contribution is 2.29. The van der Waals surface area contributed by atoms with E-state index < -0.39 is 36.1 Å². The molecule has 1 aliphatic heterocycles. The van der Waals surface area contributed by atoms with Gasteiger partial charge in [0.2, 0.25) is 5.91 Å². The number of methoxy groups -OCH3 is 2.